The van der Waals surface area contributed by atoms with Gasteiger partial charge in [-0.05, 0) is 37.5 Å². The van der Waals surface area contributed by atoms with Gasteiger partial charge in [0.05, 0.1) is 13.2 Å². The Morgan fingerprint density at radius 3 is 2.57 bits per heavy atom. The van der Waals surface area contributed by atoms with Gasteiger partial charge in [0.25, 0.3) is 5.91 Å². The van der Waals surface area contributed by atoms with Crippen LogP contribution in [-0.4, -0.2) is 30.9 Å². The highest BCUT2D eigenvalue weighted by molar-refractivity contribution is 9.10. The van der Waals surface area contributed by atoms with E-state index in [2.05, 4.69) is 21.2 Å². The highest BCUT2D eigenvalue weighted by atomic mass is 79.9. The van der Waals surface area contributed by atoms with Crippen molar-refractivity contribution < 1.29 is 14.3 Å². The van der Waals surface area contributed by atoms with Crippen molar-refractivity contribution in [1.82, 2.24) is 5.32 Å². The van der Waals surface area contributed by atoms with Crippen molar-refractivity contribution in [1.29, 1.82) is 0 Å². The molecule has 1 aliphatic heterocycles. The first-order valence-electron chi connectivity index (χ1n) is 7.43. The van der Waals surface area contributed by atoms with Crippen molar-refractivity contribution in [2.45, 2.75) is 44.4 Å². The van der Waals surface area contributed by atoms with Crippen LogP contribution in [0.25, 0.3) is 0 Å². The zero-order valence-corrected chi connectivity index (χ0v) is 13.7. The first-order chi connectivity index (χ1) is 10.1. The molecule has 21 heavy (non-hydrogen) atoms. The molecule has 1 saturated carbocycles. The Morgan fingerprint density at radius 2 is 1.95 bits per heavy atom. The van der Waals surface area contributed by atoms with Crippen LogP contribution in [0.2, 0.25) is 0 Å². The standard InChI is InChI=1S/C16H20BrNO3/c1-11-2-3-12(10-14(11)17)15(19)18-13-4-6-16(7-5-13)20-8-9-21-16/h2-3,10,13H,4-9H2,1H3,(H,18,19). The molecule has 1 spiro atoms. The van der Waals surface area contributed by atoms with Gasteiger partial charge in [-0.2, -0.15) is 0 Å². The summed E-state index contributed by atoms with van der Waals surface area (Å²) in [6.45, 7) is 3.39. The number of hydrogen-bond acceptors (Lipinski definition) is 3. The number of carbonyl (C=O) groups excluding carboxylic acids is 1. The van der Waals surface area contributed by atoms with Gasteiger partial charge < -0.3 is 14.8 Å². The average Bonchev–Trinajstić information content (AvgIpc) is 2.93. The maximum atomic E-state index is 12.3. The van der Waals surface area contributed by atoms with Crippen LogP contribution in [0.3, 0.4) is 0 Å². The number of nitrogens with one attached hydrogen (secondary N) is 1. The summed E-state index contributed by atoms with van der Waals surface area (Å²) in [6.07, 6.45) is 3.52. The summed E-state index contributed by atoms with van der Waals surface area (Å²) >= 11 is 3.47. The molecule has 0 unspecified atom stereocenters. The SMILES string of the molecule is Cc1ccc(C(=O)NC2CCC3(CC2)OCCO3)cc1Br. The molecule has 0 aromatic heterocycles. The monoisotopic (exact) mass is 353 g/mol. The van der Waals surface area contributed by atoms with Gasteiger partial charge in [0.1, 0.15) is 0 Å². The zero-order valence-electron chi connectivity index (χ0n) is 12.2. The predicted molar refractivity (Wildman–Crippen MR) is 83.2 cm³/mol. The van der Waals surface area contributed by atoms with Crippen LogP contribution in [0, 0.1) is 6.92 Å². The molecule has 1 amide bonds. The molecule has 0 radical (unpaired) electrons. The molecule has 5 heteroatoms. The van der Waals surface area contributed by atoms with Crippen molar-refractivity contribution in [3.63, 3.8) is 0 Å². The Balaban J connectivity index is 1.57. The van der Waals surface area contributed by atoms with Crippen molar-refractivity contribution in [3.05, 3.63) is 33.8 Å². The lowest BCUT2D eigenvalue weighted by Crippen LogP contribution is -2.44. The van der Waals surface area contributed by atoms with E-state index in [9.17, 15) is 4.79 Å². The molecular formula is C16H20BrNO3. The Morgan fingerprint density at radius 1 is 1.29 bits per heavy atom. The molecule has 2 aliphatic rings. The third-order valence-corrected chi connectivity index (χ3v) is 5.18. The van der Waals surface area contributed by atoms with Crippen molar-refractivity contribution in [3.8, 4) is 0 Å². The van der Waals surface area contributed by atoms with E-state index < -0.39 is 0 Å². The highest BCUT2D eigenvalue weighted by Gasteiger charge is 2.40. The minimum atomic E-state index is -0.367. The second kappa shape index (κ2) is 6.07. The number of carbonyl (C=O) groups is 1. The summed E-state index contributed by atoms with van der Waals surface area (Å²) in [5.74, 6) is -0.376. The van der Waals surface area contributed by atoms with E-state index in [0.717, 1.165) is 35.7 Å². The van der Waals surface area contributed by atoms with Gasteiger partial charge in [-0.1, -0.05) is 22.0 Å². The maximum absolute atomic E-state index is 12.3. The smallest absolute Gasteiger partial charge is 0.251 e. The molecule has 1 aromatic rings. The Kier molecular flexibility index (Phi) is 4.33. The quantitative estimate of drug-likeness (QED) is 0.888. The van der Waals surface area contributed by atoms with Crippen LogP contribution in [0.4, 0.5) is 0 Å². The molecule has 114 valence electrons. The lowest BCUT2D eigenvalue weighted by Gasteiger charge is -2.35. The van der Waals surface area contributed by atoms with E-state index in [1.54, 1.807) is 0 Å². The molecule has 1 saturated heterocycles. The minimum Gasteiger partial charge on any atom is -0.349 e. The number of hydrogen-bond donors (Lipinski definition) is 1. The molecule has 2 fully saturated rings. The maximum Gasteiger partial charge on any atom is 0.251 e. The van der Waals surface area contributed by atoms with E-state index in [1.165, 1.54) is 0 Å². The zero-order chi connectivity index (χ0) is 14.9. The van der Waals surface area contributed by atoms with Crippen LogP contribution in [0.5, 0.6) is 0 Å². The van der Waals surface area contributed by atoms with E-state index in [0.29, 0.717) is 18.8 Å². The van der Waals surface area contributed by atoms with Gasteiger partial charge in [0.2, 0.25) is 0 Å². The molecule has 3 rings (SSSR count). The van der Waals surface area contributed by atoms with E-state index in [1.807, 2.05) is 25.1 Å². The average molecular weight is 354 g/mol. The second-order valence-electron chi connectivity index (χ2n) is 5.82. The number of amides is 1. The Hall–Kier alpha value is -0.910. The normalized spacial score (nSPS) is 21.6. The summed E-state index contributed by atoms with van der Waals surface area (Å²) in [7, 11) is 0. The van der Waals surface area contributed by atoms with Crippen molar-refractivity contribution in [2.24, 2.45) is 0 Å². The fourth-order valence-corrected chi connectivity index (χ4v) is 3.37. The molecule has 1 heterocycles. The number of aryl methyl sites for hydroxylation is 1. The molecular weight excluding hydrogens is 334 g/mol. The van der Waals surface area contributed by atoms with E-state index in [-0.39, 0.29) is 17.7 Å². The third kappa shape index (κ3) is 3.30. The van der Waals surface area contributed by atoms with Crippen LogP contribution in [0.1, 0.15) is 41.6 Å². The predicted octanol–water partition coefficient (Wildman–Crippen LogP) is 3.17. The first-order valence-corrected chi connectivity index (χ1v) is 8.22. The summed E-state index contributed by atoms with van der Waals surface area (Å²) < 4.78 is 12.4. The Bertz CT molecular complexity index is 530. The summed E-state index contributed by atoms with van der Waals surface area (Å²) in [6, 6.07) is 5.90. The van der Waals surface area contributed by atoms with E-state index in [4.69, 9.17) is 9.47 Å². The molecule has 1 aromatic carbocycles. The van der Waals surface area contributed by atoms with Crippen LogP contribution >= 0.6 is 15.9 Å². The van der Waals surface area contributed by atoms with Crippen LogP contribution < -0.4 is 5.32 Å². The van der Waals surface area contributed by atoms with Crippen LogP contribution in [-0.2, 0) is 9.47 Å². The summed E-state index contributed by atoms with van der Waals surface area (Å²) in [5.41, 5.74) is 1.82. The van der Waals surface area contributed by atoms with Gasteiger partial charge in [0, 0.05) is 28.9 Å². The largest absolute Gasteiger partial charge is 0.349 e. The number of rotatable bonds is 2. The second-order valence-corrected chi connectivity index (χ2v) is 6.67. The first kappa shape index (κ1) is 15.0. The topological polar surface area (TPSA) is 47.6 Å². The fraction of sp³-hybridized carbons (Fsp3) is 0.562. The Labute approximate surface area is 133 Å². The molecule has 0 bridgehead atoms. The lowest BCUT2D eigenvalue weighted by atomic mass is 9.90. The van der Waals surface area contributed by atoms with E-state index >= 15 is 0 Å². The fourth-order valence-electron chi connectivity index (χ4n) is 2.99. The summed E-state index contributed by atoms with van der Waals surface area (Å²) in [4.78, 5) is 12.3. The van der Waals surface area contributed by atoms with Gasteiger partial charge in [-0.25, -0.2) is 0 Å². The van der Waals surface area contributed by atoms with Gasteiger partial charge in [0.15, 0.2) is 5.79 Å². The highest BCUT2D eigenvalue weighted by Crippen LogP contribution is 2.35. The van der Waals surface area contributed by atoms with Crippen molar-refractivity contribution >= 4 is 21.8 Å². The molecule has 1 aliphatic carbocycles. The number of halogens is 1. The number of ether oxygens (including phenoxy) is 2. The van der Waals surface area contributed by atoms with Gasteiger partial charge in [-0.15, -0.1) is 0 Å². The minimum absolute atomic E-state index is 0.00934. The number of benzene rings is 1. The molecule has 0 atom stereocenters. The molecule has 4 nitrogen and oxygen atoms in total. The summed E-state index contributed by atoms with van der Waals surface area (Å²) in [5, 5.41) is 3.12. The lowest BCUT2D eigenvalue weighted by molar-refractivity contribution is -0.179. The van der Waals surface area contributed by atoms with Gasteiger partial charge >= 0.3 is 0 Å². The van der Waals surface area contributed by atoms with Gasteiger partial charge in [-0.3, -0.25) is 4.79 Å². The van der Waals surface area contributed by atoms with Crippen molar-refractivity contribution in [2.75, 3.05) is 13.2 Å². The van der Waals surface area contributed by atoms with Crippen LogP contribution in [0.15, 0.2) is 22.7 Å². The third-order valence-electron chi connectivity index (χ3n) is 4.33. The molecule has 1 N–H and O–H groups in total.